The zero-order valence-corrected chi connectivity index (χ0v) is 11.5. The Balaban J connectivity index is 1.81. The summed E-state index contributed by atoms with van der Waals surface area (Å²) < 4.78 is 7.80. The zero-order valence-electron chi connectivity index (χ0n) is 11.5. The van der Waals surface area contributed by atoms with Gasteiger partial charge in [-0.2, -0.15) is 5.10 Å². The van der Waals surface area contributed by atoms with E-state index in [1.807, 2.05) is 17.7 Å². The first-order valence-corrected chi connectivity index (χ1v) is 6.96. The lowest BCUT2D eigenvalue weighted by Crippen LogP contribution is -2.30. The highest BCUT2D eigenvalue weighted by Gasteiger charge is 2.19. The second-order valence-corrected chi connectivity index (χ2v) is 5.09. The van der Waals surface area contributed by atoms with E-state index in [1.165, 1.54) is 0 Å². The molecule has 1 aliphatic heterocycles. The Bertz CT molecular complexity index is 589. The molecule has 5 heteroatoms. The molecule has 5 nitrogen and oxygen atoms in total. The van der Waals surface area contributed by atoms with Gasteiger partial charge in [0.05, 0.1) is 17.9 Å². The van der Waals surface area contributed by atoms with Gasteiger partial charge in [-0.05, 0) is 45.0 Å². The summed E-state index contributed by atoms with van der Waals surface area (Å²) in [5.41, 5.74) is 1.00. The van der Waals surface area contributed by atoms with Gasteiger partial charge in [-0.15, -0.1) is 0 Å². The third kappa shape index (κ3) is 2.49. The number of phenolic OH excluding ortho intramolecular Hbond substituents is 1. The number of hydrogen-bond donors (Lipinski definition) is 2. The number of para-hydroxylation sites is 2. The molecule has 0 unspecified atom stereocenters. The summed E-state index contributed by atoms with van der Waals surface area (Å²) in [6.45, 7) is 4.06. The minimum absolute atomic E-state index is 0.140. The number of piperidine rings is 1. The molecule has 0 amide bonds. The molecule has 1 aliphatic rings. The van der Waals surface area contributed by atoms with Gasteiger partial charge in [-0.1, -0.05) is 12.1 Å². The average Bonchev–Trinajstić information content (AvgIpc) is 2.84. The van der Waals surface area contributed by atoms with E-state index < -0.39 is 0 Å². The fraction of sp³-hybridized carbons (Fsp3) is 0.400. The van der Waals surface area contributed by atoms with Crippen molar-refractivity contribution in [3.63, 3.8) is 0 Å². The van der Waals surface area contributed by atoms with Gasteiger partial charge in [-0.3, -0.25) is 4.68 Å². The van der Waals surface area contributed by atoms with Gasteiger partial charge in [0.25, 0.3) is 0 Å². The molecule has 0 aliphatic carbocycles. The van der Waals surface area contributed by atoms with Crippen LogP contribution in [0.5, 0.6) is 17.2 Å². The Morgan fingerprint density at radius 3 is 2.75 bits per heavy atom. The second-order valence-electron chi connectivity index (χ2n) is 5.09. The van der Waals surface area contributed by atoms with Crippen molar-refractivity contribution in [1.82, 2.24) is 15.1 Å². The lowest BCUT2D eigenvalue weighted by atomic mass is 10.1. The monoisotopic (exact) mass is 273 g/mol. The van der Waals surface area contributed by atoms with Crippen molar-refractivity contribution in [3.8, 4) is 17.2 Å². The minimum Gasteiger partial charge on any atom is -0.504 e. The van der Waals surface area contributed by atoms with Crippen molar-refractivity contribution >= 4 is 0 Å². The normalized spacial score (nSPS) is 16.2. The molecule has 0 bridgehead atoms. The van der Waals surface area contributed by atoms with E-state index in [-0.39, 0.29) is 5.75 Å². The van der Waals surface area contributed by atoms with E-state index in [4.69, 9.17) is 4.74 Å². The fourth-order valence-electron chi connectivity index (χ4n) is 2.59. The highest BCUT2D eigenvalue weighted by Crippen LogP contribution is 2.33. The molecule has 1 aromatic carbocycles. The van der Waals surface area contributed by atoms with Crippen LogP contribution in [-0.4, -0.2) is 28.0 Å². The maximum Gasteiger partial charge on any atom is 0.169 e. The SMILES string of the molecule is Cc1c(Oc2ccccc2O)cnn1C1CCNCC1. The van der Waals surface area contributed by atoms with Crippen LogP contribution in [0.1, 0.15) is 24.6 Å². The number of aromatic hydroxyl groups is 1. The zero-order chi connectivity index (χ0) is 13.9. The van der Waals surface area contributed by atoms with E-state index in [9.17, 15) is 5.11 Å². The molecule has 20 heavy (non-hydrogen) atoms. The van der Waals surface area contributed by atoms with Crippen LogP contribution in [0.3, 0.4) is 0 Å². The van der Waals surface area contributed by atoms with Crippen molar-refractivity contribution in [3.05, 3.63) is 36.2 Å². The van der Waals surface area contributed by atoms with Gasteiger partial charge < -0.3 is 15.2 Å². The molecule has 0 saturated carbocycles. The molecule has 0 spiro atoms. The Kier molecular flexibility index (Phi) is 3.60. The lowest BCUT2D eigenvalue weighted by Gasteiger charge is -2.24. The molecule has 1 fully saturated rings. The summed E-state index contributed by atoms with van der Waals surface area (Å²) in [6.07, 6.45) is 3.89. The predicted octanol–water partition coefficient (Wildman–Crippen LogP) is 2.61. The van der Waals surface area contributed by atoms with Crippen LogP contribution < -0.4 is 10.1 Å². The Labute approximate surface area is 118 Å². The molecule has 2 aromatic rings. The van der Waals surface area contributed by atoms with E-state index in [2.05, 4.69) is 10.4 Å². The maximum absolute atomic E-state index is 9.76. The van der Waals surface area contributed by atoms with Gasteiger partial charge >= 0.3 is 0 Å². The lowest BCUT2D eigenvalue weighted by molar-refractivity contribution is 0.336. The Hall–Kier alpha value is -2.01. The van der Waals surface area contributed by atoms with Gasteiger partial charge in [0.1, 0.15) is 0 Å². The largest absolute Gasteiger partial charge is 0.504 e. The van der Waals surface area contributed by atoms with Crippen LogP contribution in [0.25, 0.3) is 0 Å². The van der Waals surface area contributed by atoms with Crippen molar-refractivity contribution in [1.29, 1.82) is 0 Å². The van der Waals surface area contributed by atoms with E-state index in [0.29, 0.717) is 17.5 Å². The average molecular weight is 273 g/mol. The number of rotatable bonds is 3. The molecule has 2 N–H and O–H groups in total. The van der Waals surface area contributed by atoms with Crippen molar-refractivity contribution in [2.75, 3.05) is 13.1 Å². The molecule has 3 rings (SSSR count). The first-order chi connectivity index (χ1) is 9.75. The van der Waals surface area contributed by atoms with Gasteiger partial charge in [0, 0.05) is 0 Å². The highest BCUT2D eigenvalue weighted by atomic mass is 16.5. The summed E-state index contributed by atoms with van der Waals surface area (Å²) in [5, 5.41) is 17.6. The van der Waals surface area contributed by atoms with Crippen molar-refractivity contribution < 1.29 is 9.84 Å². The number of ether oxygens (including phenoxy) is 1. The molecule has 0 atom stereocenters. The molecule has 1 aromatic heterocycles. The Morgan fingerprint density at radius 1 is 1.25 bits per heavy atom. The highest BCUT2D eigenvalue weighted by molar-refractivity contribution is 5.42. The molecular weight excluding hydrogens is 254 g/mol. The molecule has 106 valence electrons. The van der Waals surface area contributed by atoms with Crippen LogP contribution in [0, 0.1) is 6.92 Å². The standard InChI is InChI=1S/C15H19N3O2/c1-11-15(20-14-5-3-2-4-13(14)19)10-17-18(11)12-6-8-16-9-7-12/h2-5,10,12,16,19H,6-9H2,1H3. The molecule has 1 saturated heterocycles. The summed E-state index contributed by atoms with van der Waals surface area (Å²) in [4.78, 5) is 0. The third-order valence-electron chi connectivity index (χ3n) is 3.74. The van der Waals surface area contributed by atoms with Gasteiger partial charge in [0.15, 0.2) is 17.2 Å². The number of hydrogen-bond acceptors (Lipinski definition) is 4. The minimum atomic E-state index is 0.140. The van der Waals surface area contributed by atoms with Gasteiger partial charge in [-0.25, -0.2) is 0 Å². The summed E-state index contributed by atoms with van der Waals surface area (Å²) >= 11 is 0. The quantitative estimate of drug-likeness (QED) is 0.902. The molecule has 2 heterocycles. The third-order valence-corrected chi connectivity index (χ3v) is 3.74. The Morgan fingerprint density at radius 2 is 2.00 bits per heavy atom. The number of phenols is 1. The van der Waals surface area contributed by atoms with Crippen molar-refractivity contribution in [2.24, 2.45) is 0 Å². The topological polar surface area (TPSA) is 59.3 Å². The molecular formula is C15H19N3O2. The number of benzene rings is 1. The van der Waals surface area contributed by atoms with E-state index in [0.717, 1.165) is 31.6 Å². The summed E-state index contributed by atoms with van der Waals surface area (Å²) in [6, 6.07) is 7.39. The van der Waals surface area contributed by atoms with Crippen LogP contribution in [-0.2, 0) is 0 Å². The molecule has 0 radical (unpaired) electrons. The number of aromatic nitrogens is 2. The first kappa shape index (κ1) is 13.0. The van der Waals surface area contributed by atoms with Crippen LogP contribution >= 0.6 is 0 Å². The van der Waals surface area contributed by atoms with Crippen LogP contribution in [0.4, 0.5) is 0 Å². The van der Waals surface area contributed by atoms with E-state index >= 15 is 0 Å². The maximum atomic E-state index is 9.76. The summed E-state index contributed by atoms with van der Waals surface area (Å²) in [7, 11) is 0. The summed E-state index contributed by atoms with van der Waals surface area (Å²) in [5.74, 6) is 1.30. The van der Waals surface area contributed by atoms with Gasteiger partial charge in [0.2, 0.25) is 0 Å². The van der Waals surface area contributed by atoms with E-state index in [1.54, 1.807) is 24.4 Å². The predicted molar refractivity (Wildman–Crippen MR) is 76.3 cm³/mol. The second kappa shape index (κ2) is 5.54. The van der Waals surface area contributed by atoms with Crippen molar-refractivity contribution in [2.45, 2.75) is 25.8 Å². The fourth-order valence-corrected chi connectivity index (χ4v) is 2.59. The first-order valence-electron chi connectivity index (χ1n) is 6.96. The number of nitrogens with zero attached hydrogens (tertiary/aromatic N) is 2. The smallest absolute Gasteiger partial charge is 0.169 e. The number of nitrogens with one attached hydrogen (secondary N) is 1. The van der Waals surface area contributed by atoms with Crippen LogP contribution in [0.15, 0.2) is 30.5 Å². The van der Waals surface area contributed by atoms with Crippen LogP contribution in [0.2, 0.25) is 0 Å².